The molecule has 74 heavy (non-hydrogen) atoms. The van der Waals surface area contributed by atoms with Gasteiger partial charge in [-0.3, -0.25) is 23.4 Å². The number of phosphoric acid groups is 1. The summed E-state index contributed by atoms with van der Waals surface area (Å²) in [4.78, 5) is 48.6. The number of ether oxygens (including phenoxy) is 3. The van der Waals surface area contributed by atoms with Crippen LogP contribution >= 0.6 is 7.82 Å². The largest absolute Gasteiger partial charge is 0.472 e. The number of aliphatic hydroxyl groups excluding tert-OH is 1. The van der Waals surface area contributed by atoms with Crippen LogP contribution < -0.4 is 0 Å². The zero-order chi connectivity index (χ0) is 54.1. The van der Waals surface area contributed by atoms with Crippen LogP contribution in [0.2, 0.25) is 0 Å². The number of phosphoric ester groups is 1. The molecule has 0 saturated carbocycles. The molecule has 0 saturated heterocycles. The van der Waals surface area contributed by atoms with E-state index in [9.17, 15) is 28.9 Å². The van der Waals surface area contributed by atoms with Crippen LogP contribution in [0.1, 0.15) is 290 Å². The van der Waals surface area contributed by atoms with E-state index in [1.165, 1.54) is 135 Å². The van der Waals surface area contributed by atoms with Crippen LogP contribution in [0.3, 0.4) is 0 Å². The Morgan fingerprint density at radius 2 is 0.662 bits per heavy atom. The molecule has 3 atom stereocenters. The van der Waals surface area contributed by atoms with Gasteiger partial charge in [0, 0.05) is 19.3 Å². The molecule has 0 aromatic heterocycles. The Morgan fingerprint density at radius 1 is 0.378 bits per heavy atom. The number of carbonyl (C=O) groups excluding carboxylic acids is 3. The van der Waals surface area contributed by atoms with Crippen molar-refractivity contribution in [2.75, 3.05) is 26.4 Å². The number of esters is 3. The lowest BCUT2D eigenvalue weighted by molar-refractivity contribution is -0.161. The monoisotopic (exact) mass is 1060 g/mol. The highest BCUT2D eigenvalue weighted by Gasteiger charge is 2.28. The molecule has 0 amide bonds. The van der Waals surface area contributed by atoms with Crippen LogP contribution in [-0.2, 0) is 42.2 Å². The third kappa shape index (κ3) is 54.2. The van der Waals surface area contributed by atoms with Gasteiger partial charge in [-0.1, -0.05) is 236 Å². The van der Waals surface area contributed by atoms with Gasteiger partial charge in [0.25, 0.3) is 0 Å². The summed E-state index contributed by atoms with van der Waals surface area (Å²) in [7, 11) is -4.75. The van der Waals surface area contributed by atoms with Crippen molar-refractivity contribution >= 4 is 25.7 Å². The minimum absolute atomic E-state index is 0.162. The molecule has 0 rings (SSSR count). The van der Waals surface area contributed by atoms with Gasteiger partial charge in [-0.05, 0) is 83.5 Å². The van der Waals surface area contributed by atoms with Crippen molar-refractivity contribution in [2.24, 2.45) is 0 Å². The molecule has 2 N–H and O–H groups in total. The molecular formula is C62H113O11P. The number of unbranched alkanes of at least 4 members (excludes halogenated alkanes) is 32. The van der Waals surface area contributed by atoms with Crippen LogP contribution in [-0.4, -0.2) is 66.5 Å². The Kier molecular flexibility index (Phi) is 54.7. The van der Waals surface area contributed by atoms with E-state index in [4.69, 9.17) is 23.3 Å². The second-order valence-corrected chi connectivity index (χ2v) is 22.0. The number of rotatable bonds is 57. The van der Waals surface area contributed by atoms with E-state index in [-0.39, 0.29) is 25.9 Å². The Balaban J connectivity index is 4.72. The SMILES string of the molecule is CCCCC/C=C\C/C=C\C/C=C\CCCCCCCCC(=O)OCC(COP(=O)(O)OCC(CO)OC(=O)CCCCCCCCCCCCC)OC(=O)CCCCCCCCC/C=C\CCCCCCCC. The first kappa shape index (κ1) is 71.4. The van der Waals surface area contributed by atoms with Gasteiger partial charge in [-0.25, -0.2) is 4.57 Å². The lowest BCUT2D eigenvalue weighted by atomic mass is 10.1. The van der Waals surface area contributed by atoms with Gasteiger partial charge in [-0.2, -0.15) is 0 Å². The average Bonchev–Trinajstić information content (AvgIpc) is 3.39. The van der Waals surface area contributed by atoms with Crippen LogP contribution in [0.15, 0.2) is 48.6 Å². The van der Waals surface area contributed by atoms with E-state index in [1.54, 1.807) is 0 Å². The smallest absolute Gasteiger partial charge is 0.462 e. The first-order valence-corrected chi connectivity index (χ1v) is 32.0. The molecule has 0 bridgehead atoms. The summed E-state index contributed by atoms with van der Waals surface area (Å²) in [6, 6.07) is 0. The Bertz CT molecular complexity index is 1430. The van der Waals surface area contributed by atoms with Crippen molar-refractivity contribution in [1.29, 1.82) is 0 Å². The zero-order valence-electron chi connectivity index (χ0n) is 47.8. The van der Waals surface area contributed by atoms with Crippen molar-refractivity contribution in [3.63, 3.8) is 0 Å². The molecule has 0 aromatic carbocycles. The molecule has 11 nitrogen and oxygen atoms in total. The standard InChI is InChI=1S/C62H113O11P/c1-4-7-10-13-16-19-22-24-26-28-29-31-32-34-37-39-42-45-48-51-60(64)69-55-59(73-62(66)53-50-47-44-41-38-35-33-30-27-25-23-20-17-14-11-8-5-2)57-71-74(67,68)70-56-58(54-63)72-61(65)52-49-46-43-40-36-21-18-15-12-9-6-3/h16,19,24-27,29,31,58-59,63H,4-15,17-18,20-23,28,30,32-57H2,1-3H3,(H,67,68)/b19-16-,26-24-,27-25-,31-29-. The highest BCUT2D eigenvalue weighted by molar-refractivity contribution is 7.47. The topological polar surface area (TPSA) is 155 Å². The van der Waals surface area contributed by atoms with Crippen molar-refractivity contribution in [3.8, 4) is 0 Å². The maximum absolute atomic E-state index is 12.9. The van der Waals surface area contributed by atoms with E-state index < -0.39 is 57.8 Å². The molecular weight excluding hydrogens is 952 g/mol. The number of hydrogen-bond donors (Lipinski definition) is 2. The lowest BCUT2D eigenvalue weighted by Gasteiger charge is -2.21. The Morgan fingerprint density at radius 3 is 1.05 bits per heavy atom. The molecule has 0 aliphatic heterocycles. The first-order chi connectivity index (χ1) is 36.2. The fourth-order valence-corrected chi connectivity index (χ4v) is 9.32. The van der Waals surface area contributed by atoms with Gasteiger partial charge >= 0.3 is 25.7 Å². The maximum atomic E-state index is 12.9. The van der Waals surface area contributed by atoms with E-state index in [0.29, 0.717) is 19.3 Å². The molecule has 432 valence electrons. The van der Waals surface area contributed by atoms with Gasteiger partial charge in [-0.15, -0.1) is 0 Å². The fourth-order valence-electron chi connectivity index (χ4n) is 8.54. The summed E-state index contributed by atoms with van der Waals surface area (Å²) in [6.07, 6.45) is 60.6. The third-order valence-electron chi connectivity index (χ3n) is 13.2. The lowest BCUT2D eigenvalue weighted by Crippen LogP contribution is -2.30. The molecule has 3 unspecified atom stereocenters. The first-order valence-electron chi connectivity index (χ1n) is 30.5. The maximum Gasteiger partial charge on any atom is 0.472 e. The highest BCUT2D eigenvalue weighted by Crippen LogP contribution is 2.43. The molecule has 0 aliphatic carbocycles. The summed E-state index contributed by atoms with van der Waals surface area (Å²) in [5, 5.41) is 9.81. The van der Waals surface area contributed by atoms with E-state index >= 15 is 0 Å². The number of aliphatic hydroxyl groups is 1. The second kappa shape index (κ2) is 56.6. The molecule has 0 fully saturated rings. The Hall–Kier alpha value is -2.56. The van der Waals surface area contributed by atoms with Gasteiger partial charge in [0.05, 0.1) is 19.8 Å². The van der Waals surface area contributed by atoms with Gasteiger partial charge in [0.2, 0.25) is 0 Å². The van der Waals surface area contributed by atoms with Crippen LogP contribution in [0, 0.1) is 0 Å². The van der Waals surface area contributed by atoms with Crippen LogP contribution in [0.5, 0.6) is 0 Å². The third-order valence-corrected chi connectivity index (χ3v) is 14.2. The predicted octanol–water partition coefficient (Wildman–Crippen LogP) is 18.1. The fraction of sp³-hybridized carbons (Fsp3) is 0.823. The highest BCUT2D eigenvalue weighted by atomic mass is 31.2. The number of carbonyl (C=O) groups is 3. The molecule has 0 heterocycles. The summed E-state index contributed by atoms with van der Waals surface area (Å²) < 4.78 is 39.6. The summed E-state index contributed by atoms with van der Waals surface area (Å²) in [6.45, 7) is 4.62. The molecule has 12 heteroatoms. The van der Waals surface area contributed by atoms with Crippen LogP contribution in [0.4, 0.5) is 0 Å². The van der Waals surface area contributed by atoms with E-state index in [0.717, 1.165) is 96.3 Å². The minimum atomic E-state index is -4.75. The number of allylic oxidation sites excluding steroid dienone is 8. The van der Waals surface area contributed by atoms with Crippen LogP contribution in [0.25, 0.3) is 0 Å². The second-order valence-electron chi connectivity index (χ2n) is 20.5. The van der Waals surface area contributed by atoms with Gasteiger partial charge in [0.15, 0.2) is 6.10 Å². The summed E-state index contributed by atoms with van der Waals surface area (Å²) in [5.74, 6) is -1.47. The molecule has 0 radical (unpaired) electrons. The quantitative estimate of drug-likeness (QED) is 0.0197. The normalized spacial score (nSPS) is 13.6. The molecule has 0 spiro atoms. The van der Waals surface area contributed by atoms with Crippen molar-refractivity contribution in [3.05, 3.63) is 48.6 Å². The molecule has 0 aromatic rings. The van der Waals surface area contributed by atoms with E-state index in [1.807, 2.05) is 0 Å². The van der Waals surface area contributed by atoms with Crippen molar-refractivity contribution < 1.29 is 52.2 Å². The summed E-state index contributed by atoms with van der Waals surface area (Å²) >= 11 is 0. The molecule has 0 aliphatic rings. The van der Waals surface area contributed by atoms with E-state index in [2.05, 4.69) is 69.4 Å². The van der Waals surface area contributed by atoms with Gasteiger partial charge in [0.1, 0.15) is 12.7 Å². The van der Waals surface area contributed by atoms with Crippen molar-refractivity contribution in [2.45, 2.75) is 303 Å². The summed E-state index contributed by atoms with van der Waals surface area (Å²) in [5.41, 5.74) is 0. The minimum Gasteiger partial charge on any atom is -0.462 e. The predicted molar refractivity (Wildman–Crippen MR) is 307 cm³/mol. The van der Waals surface area contributed by atoms with Gasteiger partial charge < -0.3 is 24.2 Å². The average molecular weight is 1070 g/mol. The zero-order valence-corrected chi connectivity index (χ0v) is 48.7. The number of hydrogen-bond acceptors (Lipinski definition) is 10. The van der Waals surface area contributed by atoms with Crippen molar-refractivity contribution in [1.82, 2.24) is 0 Å². The Labute approximate surface area is 453 Å².